The highest BCUT2D eigenvalue weighted by molar-refractivity contribution is 7.87. The molecule has 0 saturated carbocycles. The molecule has 0 atom stereocenters. The van der Waals surface area contributed by atoms with Crippen LogP contribution in [0.15, 0.2) is 59.5 Å². The van der Waals surface area contributed by atoms with Gasteiger partial charge in [0.2, 0.25) is 0 Å². The molecule has 0 spiro atoms. The molecule has 0 aliphatic rings. The predicted molar refractivity (Wildman–Crippen MR) is 69.8 cm³/mol. The van der Waals surface area contributed by atoms with E-state index in [0.29, 0.717) is 5.75 Å². The van der Waals surface area contributed by atoms with Gasteiger partial charge in [-0.1, -0.05) is 43.3 Å². The van der Waals surface area contributed by atoms with Crippen LogP contribution >= 0.6 is 0 Å². The van der Waals surface area contributed by atoms with Crippen LogP contribution in [-0.2, 0) is 10.1 Å². The standard InChI is InChI=1S/C14H13O3S/c1-2-12-8-6-7-11-14(12)17-18(15,16)13-9-4-3-5-10-13/h2-11H,1H3. The fourth-order valence-corrected chi connectivity index (χ4v) is 2.52. The summed E-state index contributed by atoms with van der Waals surface area (Å²) in [5, 5.41) is 0. The zero-order chi connectivity index (χ0) is 13.0. The monoisotopic (exact) mass is 261 g/mol. The molecular formula is C14H13O3S. The first kappa shape index (κ1) is 12.6. The van der Waals surface area contributed by atoms with Crippen molar-refractivity contribution in [3.63, 3.8) is 0 Å². The molecule has 0 amide bonds. The van der Waals surface area contributed by atoms with Crippen LogP contribution in [0, 0.1) is 6.42 Å². The second-order valence-electron chi connectivity index (χ2n) is 3.68. The van der Waals surface area contributed by atoms with E-state index in [2.05, 4.69) is 0 Å². The second-order valence-corrected chi connectivity index (χ2v) is 5.22. The molecule has 93 valence electrons. The summed E-state index contributed by atoms with van der Waals surface area (Å²) in [5.74, 6) is 0.337. The first-order valence-electron chi connectivity index (χ1n) is 5.51. The van der Waals surface area contributed by atoms with Crippen molar-refractivity contribution < 1.29 is 12.6 Å². The smallest absolute Gasteiger partial charge is 0.339 e. The fourth-order valence-electron chi connectivity index (χ4n) is 1.55. The fraction of sp³-hybridized carbons (Fsp3) is 0.0714. The summed E-state index contributed by atoms with van der Waals surface area (Å²) in [6, 6.07) is 15.1. The van der Waals surface area contributed by atoms with Gasteiger partial charge >= 0.3 is 10.1 Å². The maximum absolute atomic E-state index is 12.0. The van der Waals surface area contributed by atoms with Crippen LogP contribution in [0.5, 0.6) is 5.75 Å². The molecule has 0 aliphatic carbocycles. The van der Waals surface area contributed by atoms with E-state index >= 15 is 0 Å². The van der Waals surface area contributed by atoms with Crippen molar-refractivity contribution in [1.29, 1.82) is 0 Å². The number of benzene rings is 2. The molecule has 4 heteroatoms. The molecular weight excluding hydrogens is 248 g/mol. The molecule has 0 saturated heterocycles. The number of hydrogen-bond acceptors (Lipinski definition) is 3. The SMILES string of the molecule is C[CH]c1ccccc1OS(=O)(=O)c1ccccc1. The normalized spacial score (nSPS) is 11.2. The van der Waals surface area contributed by atoms with E-state index in [4.69, 9.17) is 4.18 Å². The van der Waals surface area contributed by atoms with Gasteiger partial charge in [-0.05, 0) is 30.2 Å². The van der Waals surface area contributed by atoms with Crippen LogP contribution in [-0.4, -0.2) is 8.42 Å². The molecule has 1 radical (unpaired) electrons. The van der Waals surface area contributed by atoms with E-state index in [0.717, 1.165) is 5.56 Å². The Labute approximate surface area is 107 Å². The van der Waals surface area contributed by atoms with Gasteiger partial charge < -0.3 is 4.18 Å². The van der Waals surface area contributed by atoms with Crippen LogP contribution in [0.4, 0.5) is 0 Å². The lowest BCUT2D eigenvalue weighted by Crippen LogP contribution is -2.10. The zero-order valence-corrected chi connectivity index (χ0v) is 10.7. The highest BCUT2D eigenvalue weighted by Crippen LogP contribution is 2.23. The van der Waals surface area contributed by atoms with Crippen LogP contribution in [0.1, 0.15) is 12.5 Å². The average Bonchev–Trinajstić information content (AvgIpc) is 2.40. The molecule has 0 heterocycles. The highest BCUT2D eigenvalue weighted by atomic mass is 32.2. The van der Waals surface area contributed by atoms with Crippen molar-refractivity contribution in [2.24, 2.45) is 0 Å². The van der Waals surface area contributed by atoms with E-state index in [-0.39, 0.29) is 4.90 Å². The molecule has 0 fully saturated rings. The third-order valence-electron chi connectivity index (χ3n) is 2.46. The van der Waals surface area contributed by atoms with E-state index < -0.39 is 10.1 Å². The number of hydrogen-bond donors (Lipinski definition) is 0. The molecule has 2 aromatic rings. The van der Waals surface area contributed by atoms with Crippen molar-refractivity contribution in [1.82, 2.24) is 0 Å². The van der Waals surface area contributed by atoms with Gasteiger partial charge in [-0.3, -0.25) is 0 Å². The molecule has 0 aromatic heterocycles. The third kappa shape index (κ3) is 2.71. The molecule has 2 aromatic carbocycles. The van der Waals surface area contributed by atoms with E-state index in [1.54, 1.807) is 42.8 Å². The van der Waals surface area contributed by atoms with Gasteiger partial charge in [-0.15, -0.1) is 0 Å². The molecule has 3 nitrogen and oxygen atoms in total. The Balaban J connectivity index is 2.34. The van der Waals surface area contributed by atoms with E-state index in [1.807, 2.05) is 13.0 Å². The van der Waals surface area contributed by atoms with Crippen molar-refractivity contribution in [3.05, 3.63) is 66.6 Å². The lowest BCUT2D eigenvalue weighted by molar-refractivity contribution is 0.484. The molecule has 0 N–H and O–H groups in total. The Morgan fingerprint density at radius 2 is 1.56 bits per heavy atom. The molecule has 0 aliphatic heterocycles. The van der Waals surface area contributed by atoms with Crippen molar-refractivity contribution in [2.75, 3.05) is 0 Å². The minimum atomic E-state index is -3.77. The van der Waals surface area contributed by atoms with Gasteiger partial charge in [0, 0.05) is 0 Å². The largest absolute Gasteiger partial charge is 0.379 e. The summed E-state index contributed by atoms with van der Waals surface area (Å²) in [6.45, 7) is 1.83. The van der Waals surface area contributed by atoms with Crippen LogP contribution in [0.25, 0.3) is 0 Å². The van der Waals surface area contributed by atoms with Crippen molar-refractivity contribution in [2.45, 2.75) is 11.8 Å². The highest BCUT2D eigenvalue weighted by Gasteiger charge is 2.17. The van der Waals surface area contributed by atoms with Crippen LogP contribution in [0.3, 0.4) is 0 Å². The summed E-state index contributed by atoms with van der Waals surface area (Å²) < 4.78 is 29.2. The molecule has 2 rings (SSSR count). The van der Waals surface area contributed by atoms with Gasteiger partial charge in [-0.25, -0.2) is 0 Å². The second kappa shape index (κ2) is 5.23. The van der Waals surface area contributed by atoms with Crippen LogP contribution < -0.4 is 4.18 Å². The van der Waals surface area contributed by atoms with Gasteiger partial charge in [0.05, 0.1) is 0 Å². The first-order valence-corrected chi connectivity index (χ1v) is 6.92. The molecule has 0 bridgehead atoms. The predicted octanol–water partition coefficient (Wildman–Crippen LogP) is 3.03. The lowest BCUT2D eigenvalue weighted by Gasteiger charge is -2.09. The van der Waals surface area contributed by atoms with Gasteiger partial charge in [0.25, 0.3) is 0 Å². The maximum Gasteiger partial charge on any atom is 0.339 e. The average molecular weight is 261 g/mol. The maximum atomic E-state index is 12.0. The lowest BCUT2D eigenvalue weighted by atomic mass is 10.1. The summed E-state index contributed by atoms with van der Waals surface area (Å²) in [6.07, 6.45) is 1.80. The van der Waals surface area contributed by atoms with Gasteiger partial charge in [-0.2, -0.15) is 8.42 Å². The summed E-state index contributed by atoms with van der Waals surface area (Å²) in [4.78, 5) is 0.149. The third-order valence-corrected chi connectivity index (χ3v) is 3.71. The zero-order valence-electron chi connectivity index (χ0n) is 9.91. The minimum absolute atomic E-state index is 0.149. The van der Waals surface area contributed by atoms with Gasteiger partial charge in [0.15, 0.2) is 0 Å². The topological polar surface area (TPSA) is 43.4 Å². The Bertz CT molecular complexity index is 618. The molecule has 18 heavy (non-hydrogen) atoms. The number of rotatable bonds is 4. The summed E-state index contributed by atoms with van der Waals surface area (Å²) in [7, 11) is -3.77. The minimum Gasteiger partial charge on any atom is -0.379 e. The quantitative estimate of drug-likeness (QED) is 0.794. The summed E-state index contributed by atoms with van der Waals surface area (Å²) >= 11 is 0. The van der Waals surface area contributed by atoms with Gasteiger partial charge in [0.1, 0.15) is 10.6 Å². The van der Waals surface area contributed by atoms with Crippen LogP contribution in [0.2, 0.25) is 0 Å². The Kier molecular flexibility index (Phi) is 3.67. The van der Waals surface area contributed by atoms with E-state index in [9.17, 15) is 8.42 Å². The Hall–Kier alpha value is -1.81. The Morgan fingerprint density at radius 1 is 0.944 bits per heavy atom. The van der Waals surface area contributed by atoms with Crippen molar-refractivity contribution >= 4 is 10.1 Å². The first-order chi connectivity index (χ1) is 8.63. The number of para-hydroxylation sites is 1. The van der Waals surface area contributed by atoms with E-state index in [1.165, 1.54) is 12.1 Å². The summed E-state index contributed by atoms with van der Waals surface area (Å²) in [5.41, 5.74) is 0.747. The molecule has 0 unspecified atom stereocenters. The van der Waals surface area contributed by atoms with Crippen molar-refractivity contribution in [3.8, 4) is 5.75 Å². The Morgan fingerprint density at radius 3 is 2.22 bits per heavy atom.